The SMILES string of the molecule is C=C/C(=C/C(=C)C1(O)CCCN(Cc2ccc(C(F)(F)F)cc2)CC1)CC.CC.CC. The lowest BCUT2D eigenvalue weighted by atomic mass is 9.86. The molecule has 1 aliphatic rings. The fourth-order valence-electron chi connectivity index (χ4n) is 3.38. The van der Waals surface area contributed by atoms with Gasteiger partial charge in [0.1, 0.15) is 0 Å². The molecule has 1 unspecified atom stereocenters. The molecule has 1 fully saturated rings. The third-order valence-corrected chi connectivity index (χ3v) is 5.22. The first kappa shape index (κ1) is 29.1. The number of halogens is 3. The predicted octanol–water partition coefficient (Wildman–Crippen LogP) is 7.55. The Morgan fingerprint density at radius 2 is 1.68 bits per heavy atom. The van der Waals surface area contributed by atoms with E-state index in [4.69, 9.17) is 0 Å². The Labute approximate surface area is 187 Å². The zero-order valence-corrected chi connectivity index (χ0v) is 19.9. The molecule has 176 valence electrons. The zero-order chi connectivity index (χ0) is 24.1. The highest BCUT2D eigenvalue weighted by Gasteiger charge is 2.32. The minimum atomic E-state index is -4.31. The van der Waals surface area contributed by atoms with Gasteiger partial charge in [-0.1, -0.05) is 72.1 Å². The highest BCUT2D eigenvalue weighted by atomic mass is 19.4. The highest BCUT2D eigenvalue weighted by Crippen LogP contribution is 2.32. The maximum Gasteiger partial charge on any atom is 0.416 e. The van der Waals surface area contributed by atoms with Crippen molar-refractivity contribution in [2.45, 2.75) is 78.6 Å². The van der Waals surface area contributed by atoms with Gasteiger partial charge in [0.05, 0.1) is 11.2 Å². The number of rotatable bonds is 6. The fourth-order valence-corrected chi connectivity index (χ4v) is 3.38. The van der Waals surface area contributed by atoms with E-state index in [1.54, 1.807) is 6.08 Å². The molecule has 0 amide bonds. The molecule has 1 aliphatic heterocycles. The fraction of sp³-hybridized carbons (Fsp3) is 0.538. The Balaban J connectivity index is 0.00000212. The van der Waals surface area contributed by atoms with Crippen molar-refractivity contribution in [2.75, 3.05) is 13.1 Å². The lowest BCUT2D eigenvalue weighted by Gasteiger charge is -2.28. The van der Waals surface area contributed by atoms with Crippen molar-refractivity contribution in [3.8, 4) is 0 Å². The Morgan fingerprint density at radius 1 is 1.10 bits per heavy atom. The van der Waals surface area contributed by atoms with Crippen LogP contribution in [-0.2, 0) is 12.7 Å². The molecule has 0 radical (unpaired) electrons. The second-order valence-electron chi connectivity index (χ2n) is 7.16. The quantitative estimate of drug-likeness (QED) is 0.463. The van der Waals surface area contributed by atoms with Gasteiger partial charge in [-0.3, -0.25) is 4.90 Å². The Morgan fingerprint density at radius 3 is 2.16 bits per heavy atom. The lowest BCUT2D eigenvalue weighted by Crippen LogP contribution is -2.32. The maximum absolute atomic E-state index is 12.7. The monoisotopic (exact) mass is 439 g/mol. The minimum Gasteiger partial charge on any atom is -0.385 e. The molecule has 31 heavy (non-hydrogen) atoms. The third kappa shape index (κ3) is 9.44. The van der Waals surface area contributed by atoms with Gasteiger partial charge in [0.2, 0.25) is 0 Å². The molecule has 1 N–H and O–H groups in total. The van der Waals surface area contributed by atoms with E-state index < -0.39 is 17.3 Å². The molecule has 0 spiro atoms. The van der Waals surface area contributed by atoms with Crippen molar-refractivity contribution in [3.05, 3.63) is 71.8 Å². The standard InChI is InChI=1S/C22H28F3NO.2C2H6/c1-4-18(5-2)15-17(3)21(27)11-6-13-26(14-12-21)16-19-7-9-20(10-8-19)22(23,24)25;2*1-2/h4,7-10,15,27H,1,3,5-6,11-14,16H2,2H3;2*1-2H3/b18-15-;;. The minimum absolute atomic E-state index is 0.553. The molecule has 2 rings (SSSR count). The van der Waals surface area contributed by atoms with E-state index in [0.717, 1.165) is 42.7 Å². The van der Waals surface area contributed by atoms with Crippen LogP contribution in [0.5, 0.6) is 0 Å². The summed E-state index contributed by atoms with van der Waals surface area (Å²) in [5.41, 5.74) is 1.01. The predicted molar refractivity (Wildman–Crippen MR) is 126 cm³/mol. The first-order valence-corrected chi connectivity index (χ1v) is 11.3. The van der Waals surface area contributed by atoms with Crippen LogP contribution in [0.4, 0.5) is 13.2 Å². The topological polar surface area (TPSA) is 23.5 Å². The van der Waals surface area contributed by atoms with Crippen LogP contribution in [0.15, 0.2) is 60.7 Å². The highest BCUT2D eigenvalue weighted by molar-refractivity contribution is 5.33. The average Bonchev–Trinajstić information content (AvgIpc) is 2.96. The summed E-state index contributed by atoms with van der Waals surface area (Å²) in [7, 11) is 0. The van der Waals surface area contributed by atoms with Crippen LogP contribution >= 0.6 is 0 Å². The number of benzene rings is 1. The molecule has 5 heteroatoms. The van der Waals surface area contributed by atoms with Crippen LogP contribution in [-0.4, -0.2) is 28.7 Å². The van der Waals surface area contributed by atoms with Crippen LogP contribution < -0.4 is 0 Å². The van der Waals surface area contributed by atoms with Crippen LogP contribution in [0.1, 0.15) is 71.4 Å². The zero-order valence-electron chi connectivity index (χ0n) is 19.9. The van der Waals surface area contributed by atoms with Gasteiger partial charge in [-0.25, -0.2) is 0 Å². The van der Waals surface area contributed by atoms with E-state index in [1.807, 2.05) is 40.7 Å². The van der Waals surface area contributed by atoms with E-state index in [0.29, 0.717) is 31.5 Å². The van der Waals surface area contributed by atoms with Gasteiger partial charge < -0.3 is 5.11 Å². The van der Waals surface area contributed by atoms with E-state index in [2.05, 4.69) is 18.1 Å². The van der Waals surface area contributed by atoms with E-state index in [1.165, 1.54) is 12.1 Å². The van der Waals surface area contributed by atoms with Crippen molar-refractivity contribution in [2.24, 2.45) is 0 Å². The van der Waals surface area contributed by atoms with Crippen LogP contribution in [0.25, 0.3) is 0 Å². The van der Waals surface area contributed by atoms with Gasteiger partial charge in [-0.2, -0.15) is 13.2 Å². The molecule has 0 aromatic heterocycles. The summed E-state index contributed by atoms with van der Waals surface area (Å²) < 4.78 is 38.0. The second-order valence-corrected chi connectivity index (χ2v) is 7.16. The average molecular weight is 440 g/mol. The number of hydrogen-bond donors (Lipinski definition) is 1. The summed E-state index contributed by atoms with van der Waals surface area (Å²) >= 11 is 0. The van der Waals surface area contributed by atoms with Gasteiger partial charge >= 0.3 is 6.18 Å². The third-order valence-electron chi connectivity index (χ3n) is 5.22. The molecular weight excluding hydrogens is 399 g/mol. The molecule has 1 aromatic rings. The van der Waals surface area contributed by atoms with Gasteiger partial charge in [-0.15, -0.1) is 0 Å². The molecule has 0 bridgehead atoms. The Hall–Kier alpha value is -1.85. The number of hydrogen-bond acceptors (Lipinski definition) is 2. The first-order chi connectivity index (χ1) is 14.7. The van der Waals surface area contributed by atoms with Crippen molar-refractivity contribution < 1.29 is 18.3 Å². The lowest BCUT2D eigenvalue weighted by molar-refractivity contribution is -0.137. The summed E-state index contributed by atoms with van der Waals surface area (Å²) in [6, 6.07) is 5.30. The van der Waals surface area contributed by atoms with Crippen LogP contribution in [0.2, 0.25) is 0 Å². The molecule has 0 saturated carbocycles. The number of aliphatic hydroxyl groups is 1. The Bertz CT molecular complexity index is 692. The largest absolute Gasteiger partial charge is 0.416 e. The molecule has 1 saturated heterocycles. The van der Waals surface area contributed by atoms with Gasteiger partial charge in [0, 0.05) is 13.1 Å². The molecule has 1 aromatic carbocycles. The van der Waals surface area contributed by atoms with E-state index in [9.17, 15) is 18.3 Å². The summed E-state index contributed by atoms with van der Waals surface area (Å²) in [6.45, 7) is 19.9. The molecule has 1 atom stereocenters. The van der Waals surface area contributed by atoms with Crippen molar-refractivity contribution in [1.29, 1.82) is 0 Å². The summed E-state index contributed by atoms with van der Waals surface area (Å²) in [6.07, 6.45) is 2.20. The molecule has 0 aliphatic carbocycles. The van der Waals surface area contributed by atoms with Crippen LogP contribution in [0.3, 0.4) is 0 Å². The Kier molecular flexibility index (Phi) is 13.4. The van der Waals surface area contributed by atoms with Crippen LogP contribution in [0, 0.1) is 0 Å². The number of alkyl halides is 3. The van der Waals surface area contributed by atoms with E-state index >= 15 is 0 Å². The normalized spacial score (nSPS) is 19.8. The van der Waals surface area contributed by atoms with Crippen molar-refractivity contribution in [3.63, 3.8) is 0 Å². The van der Waals surface area contributed by atoms with Gasteiger partial charge in [0.15, 0.2) is 0 Å². The summed E-state index contributed by atoms with van der Waals surface area (Å²) in [5.74, 6) is 0. The number of nitrogens with zero attached hydrogens (tertiary/aromatic N) is 1. The van der Waals surface area contributed by atoms with Crippen molar-refractivity contribution >= 4 is 0 Å². The second kappa shape index (κ2) is 14.3. The molecule has 1 heterocycles. The number of likely N-dealkylation sites (tertiary alicyclic amines) is 1. The number of allylic oxidation sites excluding steroid dienone is 2. The van der Waals surface area contributed by atoms with E-state index in [-0.39, 0.29) is 0 Å². The first-order valence-electron chi connectivity index (χ1n) is 11.3. The molecule has 2 nitrogen and oxygen atoms in total. The summed E-state index contributed by atoms with van der Waals surface area (Å²) in [4.78, 5) is 2.17. The summed E-state index contributed by atoms with van der Waals surface area (Å²) in [5, 5.41) is 11.0. The van der Waals surface area contributed by atoms with Crippen molar-refractivity contribution in [1.82, 2.24) is 4.90 Å². The smallest absolute Gasteiger partial charge is 0.385 e. The molecular formula is C26H40F3NO. The van der Waals surface area contributed by atoms with Gasteiger partial charge in [-0.05, 0) is 61.1 Å². The maximum atomic E-state index is 12.7. The van der Waals surface area contributed by atoms with Gasteiger partial charge in [0.25, 0.3) is 0 Å².